The van der Waals surface area contributed by atoms with Gasteiger partial charge in [0.2, 0.25) is 0 Å². The van der Waals surface area contributed by atoms with E-state index in [1.54, 1.807) is 0 Å². The molecule has 2 nitrogen and oxygen atoms in total. The zero-order valence-corrected chi connectivity index (χ0v) is 9.97. The molecule has 0 radical (unpaired) electrons. The van der Waals surface area contributed by atoms with Crippen LogP contribution in [-0.2, 0) is 0 Å². The number of rotatable bonds is 5. The molecule has 0 amide bonds. The Kier molecular flexibility index (Phi) is 4.98. The first-order valence-corrected chi connectivity index (χ1v) is 5.64. The van der Waals surface area contributed by atoms with Gasteiger partial charge in [-0.15, -0.1) is 0 Å². The molecular formula is C11H16BrNO. The molecule has 0 saturated heterocycles. The molecule has 1 aromatic rings. The predicted octanol–water partition coefficient (Wildman–Crippen LogP) is 2.94. The summed E-state index contributed by atoms with van der Waals surface area (Å²) < 4.78 is 1.09. The molecule has 1 rings (SSSR count). The fraction of sp³-hybridized carbons (Fsp3) is 0.455. The number of nitrogens with one attached hydrogen (secondary N) is 1. The van der Waals surface area contributed by atoms with E-state index in [9.17, 15) is 0 Å². The average molecular weight is 258 g/mol. The van der Waals surface area contributed by atoms with Gasteiger partial charge in [0.15, 0.2) is 0 Å². The van der Waals surface area contributed by atoms with Gasteiger partial charge in [-0.2, -0.15) is 0 Å². The lowest BCUT2D eigenvalue weighted by Crippen LogP contribution is -2.03. The molecule has 0 aromatic heterocycles. The number of halogens is 1. The largest absolute Gasteiger partial charge is 0.396 e. The summed E-state index contributed by atoms with van der Waals surface area (Å²) in [5, 5.41) is 12.0. The Morgan fingerprint density at radius 2 is 2.14 bits per heavy atom. The third-order valence-corrected chi connectivity index (χ3v) is 2.59. The highest BCUT2D eigenvalue weighted by molar-refractivity contribution is 9.10. The van der Waals surface area contributed by atoms with Gasteiger partial charge in [0.1, 0.15) is 0 Å². The maximum Gasteiger partial charge on any atom is 0.0431 e. The number of hydrogen-bond acceptors (Lipinski definition) is 2. The molecule has 0 spiro atoms. The van der Waals surface area contributed by atoms with Gasteiger partial charge in [-0.3, -0.25) is 0 Å². The number of benzene rings is 1. The molecular weight excluding hydrogens is 242 g/mol. The van der Waals surface area contributed by atoms with Crippen molar-refractivity contribution in [3.05, 3.63) is 28.2 Å². The van der Waals surface area contributed by atoms with Gasteiger partial charge in [-0.1, -0.05) is 22.0 Å². The van der Waals surface area contributed by atoms with E-state index in [1.807, 2.05) is 6.07 Å². The van der Waals surface area contributed by atoms with Crippen LogP contribution in [0.1, 0.15) is 18.4 Å². The molecule has 0 heterocycles. The monoisotopic (exact) mass is 257 g/mol. The first kappa shape index (κ1) is 11.5. The van der Waals surface area contributed by atoms with E-state index in [2.05, 4.69) is 40.3 Å². The number of aryl methyl sites for hydroxylation is 1. The Bertz CT molecular complexity index is 289. The van der Waals surface area contributed by atoms with Crippen molar-refractivity contribution in [1.29, 1.82) is 0 Å². The van der Waals surface area contributed by atoms with Gasteiger partial charge in [-0.25, -0.2) is 0 Å². The van der Waals surface area contributed by atoms with Crippen LogP contribution in [0, 0.1) is 6.92 Å². The molecule has 0 fully saturated rings. The van der Waals surface area contributed by atoms with Crippen LogP contribution >= 0.6 is 15.9 Å². The van der Waals surface area contributed by atoms with Gasteiger partial charge >= 0.3 is 0 Å². The standard InChI is InChI=1S/C11H16BrNO/c1-9-4-5-10(12)8-11(9)13-6-2-3-7-14/h4-5,8,13-14H,2-3,6-7H2,1H3. The first-order valence-electron chi connectivity index (χ1n) is 4.85. The van der Waals surface area contributed by atoms with Crippen molar-refractivity contribution in [3.63, 3.8) is 0 Å². The van der Waals surface area contributed by atoms with Crippen molar-refractivity contribution in [2.75, 3.05) is 18.5 Å². The summed E-state index contributed by atoms with van der Waals surface area (Å²) >= 11 is 3.44. The van der Waals surface area contributed by atoms with Crippen molar-refractivity contribution in [2.24, 2.45) is 0 Å². The minimum absolute atomic E-state index is 0.277. The Morgan fingerprint density at radius 1 is 1.36 bits per heavy atom. The molecule has 0 aliphatic heterocycles. The summed E-state index contributed by atoms with van der Waals surface area (Å²) in [7, 11) is 0. The Labute approximate surface area is 93.5 Å². The van der Waals surface area contributed by atoms with E-state index in [1.165, 1.54) is 5.56 Å². The molecule has 1 aromatic carbocycles. The molecule has 78 valence electrons. The van der Waals surface area contributed by atoms with Crippen LogP contribution in [0.5, 0.6) is 0 Å². The molecule has 2 N–H and O–H groups in total. The maximum atomic E-state index is 8.63. The molecule has 0 atom stereocenters. The number of aliphatic hydroxyl groups is 1. The fourth-order valence-electron chi connectivity index (χ4n) is 1.24. The topological polar surface area (TPSA) is 32.3 Å². The molecule has 0 aliphatic rings. The Hall–Kier alpha value is -0.540. The average Bonchev–Trinajstić information content (AvgIpc) is 2.18. The third kappa shape index (κ3) is 3.68. The molecule has 0 bridgehead atoms. The molecule has 3 heteroatoms. The zero-order valence-electron chi connectivity index (χ0n) is 8.39. The Morgan fingerprint density at radius 3 is 2.86 bits per heavy atom. The summed E-state index contributed by atoms with van der Waals surface area (Å²) in [6.45, 7) is 3.28. The van der Waals surface area contributed by atoms with E-state index in [0.717, 1.165) is 29.5 Å². The van der Waals surface area contributed by atoms with E-state index in [0.29, 0.717) is 0 Å². The van der Waals surface area contributed by atoms with Gasteiger partial charge in [0.25, 0.3) is 0 Å². The van der Waals surface area contributed by atoms with E-state index in [-0.39, 0.29) is 6.61 Å². The van der Waals surface area contributed by atoms with Crippen LogP contribution in [0.15, 0.2) is 22.7 Å². The molecule has 0 unspecified atom stereocenters. The lowest BCUT2D eigenvalue weighted by atomic mass is 10.2. The quantitative estimate of drug-likeness (QED) is 0.796. The SMILES string of the molecule is Cc1ccc(Br)cc1NCCCCO. The summed E-state index contributed by atoms with van der Waals surface area (Å²) in [4.78, 5) is 0. The normalized spacial score (nSPS) is 10.2. The lowest BCUT2D eigenvalue weighted by molar-refractivity contribution is 0.286. The highest BCUT2D eigenvalue weighted by Gasteiger charge is 1.97. The highest BCUT2D eigenvalue weighted by atomic mass is 79.9. The van der Waals surface area contributed by atoms with E-state index in [4.69, 9.17) is 5.11 Å². The second kappa shape index (κ2) is 6.04. The molecule has 0 aliphatic carbocycles. The van der Waals surface area contributed by atoms with E-state index < -0.39 is 0 Å². The van der Waals surface area contributed by atoms with Gasteiger partial charge in [0, 0.05) is 23.3 Å². The summed E-state index contributed by atoms with van der Waals surface area (Å²) in [6.07, 6.45) is 1.86. The van der Waals surface area contributed by atoms with Crippen LogP contribution in [0.4, 0.5) is 5.69 Å². The van der Waals surface area contributed by atoms with Crippen molar-refractivity contribution >= 4 is 21.6 Å². The first-order chi connectivity index (χ1) is 6.74. The summed E-state index contributed by atoms with van der Waals surface area (Å²) in [5.41, 5.74) is 2.41. The van der Waals surface area contributed by atoms with Crippen molar-refractivity contribution in [1.82, 2.24) is 0 Å². The Balaban J connectivity index is 2.45. The van der Waals surface area contributed by atoms with Crippen LogP contribution in [0.2, 0.25) is 0 Å². The van der Waals surface area contributed by atoms with Gasteiger partial charge in [-0.05, 0) is 37.5 Å². The van der Waals surface area contributed by atoms with E-state index >= 15 is 0 Å². The van der Waals surface area contributed by atoms with Gasteiger partial charge < -0.3 is 10.4 Å². The number of anilines is 1. The zero-order chi connectivity index (χ0) is 10.4. The second-order valence-corrected chi connectivity index (χ2v) is 4.23. The third-order valence-electron chi connectivity index (χ3n) is 2.10. The molecule has 0 saturated carbocycles. The minimum Gasteiger partial charge on any atom is -0.396 e. The smallest absolute Gasteiger partial charge is 0.0431 e. The van der Waals surface area contributed by atoms with Crippen LogP contribution < -0.4 is 5.32 Å². The number of unbranched alkanes of at least 4 members (excludes halogenated alkanes) is 1. The van der Waals surface area contributed by atoms with Crippen molar-refractivity contribution in [3.8, 4) is 0 Å². The number of hydrogen-bond donors (Lipinski definition) is 2. The fourth-order valence-corrected chi connectivity index (χ4v) is 1.61. The highest BCUT2D eigenvalue weighted by Crippen LogP contribution is 2.20. The lowest BCUT2D eigenvalue weighted by Gasteiger charge is -2.09. The molecule has 14 heavy (non-hydrogen) atoms. The van der Waals surface area contributed by atoms with Crippen LogP contribution in [0.25, 0.3) is 0 Å². The van der Waals surface area contributed by atoms with Crippen LogP contribution in [-0.4, -0.2) is 18.3 Å². The second-order valence-electron chi connectivity index (χ2n) is 3.32. The maximum absolute atomic E-state index is 8.63. The van der Waals surface area contributed by atoms with Crippen molar-refractivity contribution < 1.29 is 5.11 Å². The number of aliphatic hydroxyl groups excluding tert-OH is 1. The van der Waals surface area contributed by atoms with Crippen molar-refractivity contribution in [2.45, 2.75) is 19.8 Å². The minimum atomic E-state index is 0.277. The predicted molar refractivity (Wildman–Crippen MR) is 63.7 cm³/mol. The van der Waals surface area contributed by atoms with Crippen LogP contribution in [0.3, 0.4) is 0 Å². The summed E-state index contributed by atoms with van der Waals surface area (Å²) in [6, 6.07) is 6.20. The van der Waals surface area contributed by atoms with Gasteiger partial charge in [0.05, 0.1) is 0 Å². The summed E-state index contributed by atoms with van der Waals surface area (Å²) in [5.74, 6) is 0.